The number of nitrogens with two attached hydrogens (primary N) is 1. The number of halogens is 2. The summed E-state index contributed by atoms with van der Waals surface area (Å²) in [6.07, 6.45) is 3.05. The molecule has 1 aromatic rings. The van der Waals surface area contributed by atoms with Crippen LogP contribution in [-0.2, 0) is 6.42 Å². The van der Waals surface area contributed by atoms with Crippen LogP contribution in [0.25, 0.3) is 5.57 Å². The van der Waals surface area contributed by atoms with Crippen molar-refractivity contribution < 1.29 is 0 Å². The van der Waals surface area contributed by atoms with E-state index in [0.717, 1.165) is 24.8 Å². The summed E-state index contributed by atoms with van der Waals surface area (Å²) in [5, 5.41) is 1.35. The monoisotopic (exact) mass is 239 g/mol. The Morgan fingerprint density at radius 1 is 1.27 bits per heavy atom. The molecule has 78 valence electrons. The molecule has 2 aliphatic carbocycles. The molecule has 0 heterocycles. The number of benzene rings is 1. The van der Waals surface area contributed by atoms with Crippen molar-refractivity contribution in [1.29, 1.82) is 0 Å². The lowest BCUT2D eigenvalue weighted by Crippen LogP contribution is -2.19. The minimum absolute atomic E-state index is 0.224. The molecule has 0 saturated heterocycles. The zero-order valence-corrected chi connectivity index (χ0v) is 9.70. The van der Waals surface area contributed by atoms with E-state index in [1.54, 1.807) is 0 Å². The molecule has 1 aromatic carbocycles. The van der Waals surface area contributed by atoms with Gasteiger partial charge in [0.1, 0.15) is 0 Å². The third-order valence-corrected chi connectivity index (χ3v) is 4.21. The van der Waals surface area contributed by atoms with Crippen molar-refractivity contribution in [1.82, 2.24) is 0 Å². The molecule has 15 heavy (non-hydrogen) atoms. The van der Waals surface area contributed by atoms with Gasteiger partial charge < -0.3 is 5.73 Å². The molecule has 1 atom stereocenters. The second-order valence-corrected chi connectivity index (χ2v) is 5.01. The maximum atomic E-state index is 6.25. The highest BCUT2D eigenvalue weighted by atomic mass is 35.5. The average molecular weight is 240 g/mol. The highest BCUT2D eigenvalue weighted by Gasteiger charge is 2.32. The van der Waals surface area contributed by atoms with Gasteiger partial charge in [-0.25, -0.2) is 0 Å². The van der Waals surface area contributed by atoms with Gasteiger partial charge in [0.25, 0.3) is 0 Å². The SMILES string of the molecule is NC1CCC2=C1Cc1ccc(Cl)c(Cl)c12. The van der Waals surface area contributed by atoms with Gasteiger partial charge in [0.05, 0.1) is 10.0 Å². The Kier molecular flexibility index (Phi) is 2.10. The van der Waals surface area contributed by atoms with E-state index in [-0.39, 0.29) is 6.04 Å². The van der Waals surface area contributed by atoms with Crippen molar-refractivity contribution in [3.63, 3.8) is 0 Å². The fraction of sp³-hybridized carbons (Fsp3) is 0.333. The molecular weight excluding hydrogens is 229 g/mol. The molecule has 0 aliphatic heterocycles. The van der Waals surface area contributed by atoms with Crippen LogP contribution in [0.15, 0.2) is 17.7 Å². The second kappa shape index (κ2) is 3.24. The molecule has 2 N–H and O–H groups in total. The van der Waals surface area contributed by atoms with E-state index in [1.807, 2.05) is 6.07 Å². The van der Waals surface area contributed by atoms with E-state index < -0.39 is 0 Å². The Labute approximate surface area is 98.9 Å². The molecule has 0 bridgehead atoms. The minimum Gasteiger partial charge on any atom is -0.324 e. The maximum Gasteiger partial charge on any atom is 0.0670 e. The fourth-order valence-electron chi connectivity index (χ4n) is 2.65. The van der Waals surface area contributed by atoms with Crippen LogP contribution in [0.3, 0.4) is 0 Å². The van der Waals surface area contributed by atoms with Crippen molar-refractivity contribution in [2.45, 2.75) is 25.3 Å². The molecule has 0 radical (unpaired) electrons. The second-order valence-electron chi connectivity index (χ2n) is 4.22. The molecule has 1 unspecified atom stereocenters. The third kappa shape index (κ3) is 1.27. The van der Waals surface area contributed by atoms with Crippen LogP contribution in [0.4, 0.5) is 0 Å². The molecular formula is C12H11Cl2N. The predicted octanol–water partition coefficient (Wildman–Crippen LogP) is 3.42. The first-order valence-corrected chi connectivity index (χ1v) is 5.89. The van der Waals surface area contributed by atoms with Crippen molar-refractivity contribution in [2.75, 3.05) is 0 Å². The summed E-state index contributed by atoms with van der Waals surface area (Å²) in [7, 11) is 0. The summed E-state index contributed by atoms with van der Waals surface area (Å²) in [5.74, 6) is 0. The molecule has 0 amide bonds. The minimum atomic E-state index is 0.224. The van der Waals surface area contributed by atoms with Crippen molar-refractivity contribution >= 4 is 28.8 Å². The summed E-state index contributed by atoms with van der Waals surface area (Å²) in [6.45, 7) is 0. The van der Waals surface area contributed by atoms with Gasteiger partial charge in [0, 0.05) is 11.6 Å². The molecule has 3 rings (SSSR count). The van der Waals surface area contributed by atoms with Crippen molar-refractivity contribution in [3.8, 4) is 0 Å². The zero-order valence-electron chi connectivity index (χ0n) is 8.19. The molecule has 1 nitrogen and oxygen atoms in total. The van der Waals surface area contributed by atoms with Crippen LogP contribution in [0.2, 0.25) is 10.0 Å². The Morgan fingerprint density at radius 2 is 2.07 bits per heavy atom. The van der Waals surface area contributed by atoms with Gasteiger partial charge in [-0.1, -0.05) is 29.3 Å². The number of hydrogen-bond donors (Lipinski definition) is 1. The van der Waals surface area contributed by atoms with Gasteiger partial charge in [-0.15, -0.1) is 0 Å². The number of hydrogen-bond acceptors (Lipinski definition) is 1. The smallest absolute Gasteiger partial charge is 0.0670 e. The topological polar surface area (TPSA) is 26.0 Å². The first kappa shape index (κ1) is 9.71. The van der Waals surface area contributed by atoms with E-state index in [4.69, 9.17) is 28.9 Å². The van der Waals surface area contributed by atoms with E-state index in [0.29, 0.717) is 10.0 Å². The maximum absolute atomic E-state index is 6.25. The first-order valence-electron chi connectivity index (χ1n) is 5.13. The highest BCUT2D eigenvalue weighted by Crippen LogP contribution is 2.47. The van der Waals surface area contributed by atoms with Gasteiger partial charge in [-0.3, -0.25) is 0 Å². The Balaban J connectivity index is 2.21. The zero-order chi connectivity index (χ0) is 10.6. The Bertz CT molecular complexity index is 477. The average Bonchev–Trinajstić information content (AvgIpc) is 2.73. The molecule has 3 heteroatoms. The summed E-state index contributed by atoms with van der Waals surface area (Å²) in [6, 6.07) is 4.16. The van der Waals surface area contributed by atoms with Gasteiger partial charge >= 0.3 is 0 Å². The number of allylic oxidation sites excluding steroid dienone is 1. The quantitative estimate of drug-likeness (QED) is 0.738. The van der Waals surface area contributed by atoms with Crippen LogP contribution >= 0.6 is 23.2 Å². The molecule has 0 saturated carbocycles. The number of fused-ring (bicyclic) bond motifs is 2. The molecule has 0 aromatic heterocycles. The lowest BCUT2D eigenvalue weighted by molar-refractivity contribution is 0.735. The molecule has 2 aliphatic rings. The van der Waals surface area contributed by atoms with Gasteiger partial charge in [-0.2, -0.15) is 0 Å². The van der Waals surface area contributed by atoms with Crippen LogP contribution in [0.5, 0.6) is 0 Å². The predicted molar refractivity (Wildman–Crippen MR) is 64.3 cm³/mol. The standard InChI is InChI=1S/C12H11Cl2N/c13-9-3-1-6-5-8-7(2-4-10(8)15)11(6)12(9)14/h1,3,10H,2,4-5,15H2. The molecule has 0 spiro atoms. The van der Waals surface area contributed by atoms with Crippen LogP contribution in [0, 0.1) is 0 Å². The van der Waals surface area contributed by atoms with E-state index in [2.05, 4.69) is 6.07 Å². The lowest BCUT2D eigenvalue weighted by atomic mass is 10.0. The van der Waals surface area contributed by atoms with Gasteiger partial charge in [-0.05, 0) is 42.0 Å². The Hall–Kier alpha value is -0.500. The van der Waals surface area contributed by atoms with Crippen molar-refractivity contribution in [3.05, 3.63) is 38.9 Å². The van der Waals surface area contributed by atoms with E-state index in [1.165, 1.54) is 16.7 Å². The van der Waals surface area contributed by atoms with E-state index >= 15 is 0 Å². The summed E-state index contributed by atoms with van der Waals surface area (Å²) in [4.78, 5) is 0. The summed E-state index contributed by atoms with van der Waals surface area (Å²) >= 11 is 12.3. The Morgan fingerprint density at radius 3 is 2.87 bits per heavy atom. The highest BCUT2D eigenvalue weighted by molar-refractivity contribution is 6.43. The summed E-state index contributed by atoms with van der Waals surface area (Å²) < 4.78 is 0. The van der Waals surface area contributed by atoms with Gasteiger partial charge in [0.15, 0.2) is 0 Å². The first-order chi connectivity index (χ1) is 7.18. The number of rotatable bonds is 0. The molecule has 0 fully saturated rings. The van der Waals surface area contributed by atoms with Crippen molar-refractivity contribution in [2.24, 2.45) is 5.73 Å². The van der Waals surface area contributed by atoms with Gasteiger partial charge in [0.2, 0.25) is 0 Å². The van der Waals surface area contributed by atoms with Crippen LogP contribution < -0.4 is 5.73 Å². The fourth-order valence-corrected chi connectivity index (χ4v) is 3.11. The lowest BCUT2D eigenvalue weighted by Gasteiger charge is -2.09. The van der Waals surface area contributed by atoms with Crippen LogP contribution in [-0.4, -0.2) is 6.04 Å². The van der Waals surface area contributed by atoms with Crippen LogP contribution in [0.1, 0.15) is 24.0 Å². The largest absolute Gasteiger partial charge is 0.324 e. The van der Waals surface area contributed by atoms with E-state index in [9.17, 15) is 0 Å². The third-order valence-electron chi connectivity index (χ3n) is 3.40. The summed E-state index contributed by atoms with van der Waals surface area (Å²) in [5.41, 5.74) is 11.2. The normalized spacial score (nSPS) is 23.3.